The number of alkyl halides is 3. The summed E-state index contributed by atoms with van der Waals surface area (Å²) in [5.74, 6) is 0.601. The fourth-order valence-corrected chi connectivity index (χ4v) is 4.49. The van der Waals surface area contributed by atoms with E-state index >= 15 is 0 Å². The number of aliphatic imine (C=N–C) groups is 1. The van der Waals surface area contributed by atoms with Crippen molar-refractivity contribution >= 4 is 33.0 Å². The zero-order valence-electron chi connectivity index (χ0n) is 17.0. The molecular weight excluding hydrogens is 481 g/mol. The summed E-state index contributed by atoms with van der Waals surface area (Å²) in [5.41, 5.74) is -1.29. The number of hydrogen-bond acceptors (Lipinski definition) is 7. The Morgan fingerprint density at radius 2 is 2.06 bits per heavy atom. The maximum atomic E-state index is 13.6. The van der Waals surface area contributed by atoms with Crippen molar-refractivity contribution in [1.82, 2.24) is 24.5 Å². The number of nitrogens with zero attached hydrogens (tertiary/aromatic N) is 7. The van der Waals surface area contributed by atoms with Gasteiger partial charge in [-0.15, -0.1) is 0 Å². The number of amidine groups is 1. The molecule has 0 saturated carbocycles. The molecule has 0 radical (unpaired) electrons. The van der Waals surface area contributed by atoms with Gasteiger partial charge < -0.3 is 0 Å². The van der Waals surface area contributed by atoms with Gasteiger partial charge in [-0.3, -0.25) is 9.71 Å². The molecule has 2 aromatic heterocycles. The molecule has 0 spiro atoms. The molecule has 0 amide bonds. The number of nitrogens with one attached hydrogen (secondary N) is 1. The lowest BCUT2D eigenvalue weighted by Gasteiger charge is -2.23. The molecule has 3 aromatic rings. The van der Waals surface area contributed by atoms with Crippen molar-refractivity contribution in [1.29, 1.82) is 5.26 Å². The number of halogens is 4. The van der Waals surface area contributed by atoms with E-state index in [2.05, 4.69) is 29.1 Å². The maximum absolute atomic E-state index is 13.6. The number of nitriles is 1. The lowest BCUT2D eigenvalue weighted by atomic mass is 10.1. The first kappa shape index (κ1) is 22.7. The number of rotatable bonds is 3. The van der Waals surface area contributed by atoms with E-state index in [1.165, 1.54) is 29.5 Å². The predicted octanol–water partition coefficient (Wildman–Crippen LogP) is 3.96. The third kappa shape index (κ3) is 4.53. The molecule has 3 heterocycles. The molecule has 4 rings (SSSR count). The standard InChI is InChI=1S/C19H14ClF3N8OS/c1-10(18-26-9-27-31(18)15-4-3-11(7-24)8-25-15)28-17-13-5-12(20)6-14(19(21,22)23)16(13)29-33(2,32)30-17/h3-6,8-10H,1-2H3,(H,28,29,30,32)/t10-,33?/m0/s1. The maximum Gasteiger partial charge on any atom is 0.418 e. The summed E-state index contributed by atoms with van der Waals surface area (Å²) in [6.45, 7) is 1.64. The molecule has 2 atom stereocenters. The van der Waals surface area contributed by atoms with E-state index in [1.807, 2.05) is 6.07 Å². The van der Waals surface area contributed by atoms with Gasteiger partial charge in [-0.05, 0) is 31.2 Å². The molecule has 1 unspecified atom stereocenters. The first-order chi connectivity index (χ1) is 15.5. The van der Waals surface area contributed by atoms with E-state index < -0.39 is 33.4 Å². The number of pyridine rings is 1. The van der Waals surface area contributed by atoms with Crippen LogP contribution in [0.5, 0.6) is 0 Å². The van der Waals surface area contributed by atoms with Gasteiger partial charge in [-0.25, -0.2) is 14.2 Å². The van der Waals surface area contributed by atoms with E-state index in [1.54, 1.807) is 19.1 Å². The van der Waals surface area contributed by atoms with Gasteiger partial charge in [-0.2, -0.15) is 32.6 Å². The van der Waals surface area contributed by atoms with Crippen molar-refractivity contribution in [2.24, 2.45) is 9.36 Å². The Balaban J connectivity index is 1.82. The lowest BCUT2D eigenvalue weighted by Crippen LogP contribution is -2.34. The van der Waals surface area contributed by atoms with Gasteiger partial charge in [-0.1, -0.05) is 11.6 Å². The second kappa shape index (κ2) is 8.13. The van der Waals surface area contributed by atoms with Crippen LogP contribution in [0.2, 0.25) is 5.02 Å². The summed E-state index contributed by atoms with van der Waals surface area (Å²) in [5, 5.41) is 12.9. The van der Waals surface area contributed by atoms with E-state index in [4.69, 9.17) is 16.9 Å². The van der Waals surface area contributed by atoms with Crippen LogP contribution >= 0.6 is 11.6 Å². The molecule has 0 saturated heterocycles. The van der Waals surface area contributed by atoms with Crippen LogP contribution in [0.1, 0.15) is 35.5 Å². The van der Waals surface area contributed by atoms with Crippen molar-refractivity contribution in [3.05, 3.63) is 64.3 Å². The van der Waals surface area contributed by atoms with Gasteiger partial charge in [0.1, 0.15) is 34.2 Å². The van der Waals surface area contributed by atoms with Crippen LogP contribution in [0.15, 0.2) is 46.1 Å². The SMILES string of the molecule is C[C@H](N=C1NS(C)(=O)=Nc2c1cc(Cl)cc2C(F)(F)F)c1ncnn1-c1ccc(C#N)cn1. The first-order valence-electron chi connectivity index (χ1n) is 9.24. The summed E-state index contributed by atoms with van der Waals surface area (Å²) in [6.07, 6.45) is -0.951. The molecule has 1 aromatic carbocycles. The summed E-state index contributed by atoms with van der Waals surface area (Å²) in [4.78, 5) is 12.8. The van der Waals surface area contributed by atoms with Crippen molar-refractivity contribution in [2.75, 3.05) is 6.26 Å². The Labute approximate surface area is 191 Å². The summed E-state index contributed by atoms with van der Waals surface area (Å²) in [6, 6.07) is 6.34. The van der Waals surface area contributed by atoms with E-state index in [9.17, 15) is 17.4 Å². The zero-order valence-corrected chi connectivity index (χ0v) is 18.6. The Bertz CT molecular complexity index is 1430. The van der Waals surface area contributed by atoms with Gasteiger partial charge in [0.2, 0.25) is 0 Å². The minimum Gasteiger partial charge on any atom is -0.283 e. The number of benzene rings is 1. The van der Waals surface area contributed by atoms with Crippen LogP contribution in [0.25, 0.3) is 5.82 Å². The highest BCUT2D eigenvalue weighted by atomic mass is 35.5. The highest BCUT2D eigenvalue weighted by Crippen LogP contribution is 2.42. The fraction of sp³-hybridized carbons (Fsp3) is 0.211. The van der Waals surface area contributed by atoms with Gasteiger partial charge in [0.25, 0.3) is 0 Å². The Kier molecular flexibility index (Phi) is 5.59. The average Bonchev–Trinajstić information content (AvgIpc) is 3.23. The molecule has 0 bridgehead atoms. The van der Waals surface area contributed by atoms with Crippen LogP contribution in [0.4, 0.5) is 18.9 Å². The van der Waals surface area contributed by atoms with E-state index in [0.29, 0.717) is 17.2 Å². The third-order valence-electron chi connectivity index (χ3n) is 4.55. The average molecular weight is 495 g/mol. The van der Waals surface area contributed by atoms with Crippen molar-refractivity contribution in [2.45, 2.75) is 19.1 Å². The van der Waals surface area contributed by atoms with E-state index in [-0.39, 0.29) is 16.4 Å². The topological polar surface area (TPSA) is 121 Å². The van der Waals surface area contributed by atoms with Crippen molar-refractivity contribution in [3.63, 3.8) is 0 Å². The monoisotopic (exact) mass is 494 g/mol. The summed E-state index contributed by atoms with van der Waals surface area (Å²) < 4.78 is 61.3. The molecule has 170 valence electrons. The number of hydrogen-bond donors (Lipinski definition) is 1. The van der Waals surface area contributed by atoms with Crippen LogP contribution in [-0.4, -0.2) is 36.0 Å². The molecule has 1 N–H and O–H groups in total. The predicted molar refractivity (Wildman–Crippen MR) is 115 cm³/mol. The van der Waals surface area contributed by atoms with Crippen LogP contribution in [0, 0.1) is 11.3 Å². The normalized spacial score (nSPS) is 19.8. The minimum atomic E-state index is -4.76. The Morgan fingerprint density at radius 3 is 2.70 bits per heavy atom. The van der Waals surface area contributed by atoms with Gasteiger partial charge >= 0.3 is 6.18 Å². The zero-order chi connectivity index (χ0) is 24.0. The first-order valence-corrected chi connectivity index (χ1v) is 11.5. The molecule has 1 aliphatic rings. The van der Waals surface area contributed by atoms with Gasteiger partial charge in [0.05, 0.1) is 16.8 Å². The smallest absolute Gasteiger partial charge is 0.283 e. The minimum absolute atomic E-state index is 0.0370. The third-order valence-corrected chi connectivity index (χ3v) is 5.87. The van der Waals surface area contributed by atoms with Crippen LogP contribution in [0.3, 0.4) is 0 Å². The number of aromatic nitrogens is 4. The molecule has 0 aliphatic carbocycles. The summed E-state index contributed by atoms with van der Waals surface area (Å²) in [7, 11) is -3.26. The van der Waals surface area contributed by atoms with E-state index in [0.717, 1.165) is 6.07 Å². The van der Waals surface area contributed by atoms with Gasteiger partial charge in [0, 0.05) is 23.0 Å². The largest absolute Gasteiger partial charge is 0.418 e. The Morgan fingerprint density at radius 1 is 1.30 bits per heavy atom. The lowest BCUT2D eigenvalue weighted by molar-refractivity contribution is -0.137. The fourth-order valence-electron chi connectivity index (χ4n) is 3.16. The highest BCUT2D eigenvalue weighted by Gasteiger charge is 2.38. The van der Waals surface area contributed by atoms with Gasteiger partial charge in [0.15, 0.2) is 11.6 Å². The van der Waals surface area contributed by atoms with Crippen molar-refractivity contribution in [3.8, 4) is 11.9 Å². The molecule has 9 nitrogen and oxygen atoms in total. The summed E-state index contributed by atoms with van der Waals surface area (Å²) >= 11 is 5.94. The quantitative estimate of drug-likeness (QED) is 0.590. The second-order valence-electron chi connectivity index (χ2n) is 7.04. The molecule has 1 aliphatic heterocycles. The molecule has 0 fully saturated rings. The second-order valence-corrected chi connectivity index (χ2v) is 9.47. The van der Waals surface area contributed by atoms with Crippen LogP contribution < -0.4 is 4.72 Å². The van der Waals surface area contributed by atoms with Crippen molar-refractivity contribution < 1.29 is 17.4 Å². The Hall–Kier alpha value is -3.50. The molecular formula is C19H14ClF3N8OS. The number of fused-ring (bicyclic) bond motifs is 1. The molecule has 14 heteroatoms. The van der Waals surface area contributed by atoms with Crippen LogP contribution in [-0.2, 0) is 16.1 Å². The molecule has 33 heavy (non-hydrogen) atoms. The highest BCUT2D eigenvalue weighted by molar-refractivity contribution is 7.91.